The molecule has 3 rings (SSSR count). The van der Waals surface area contributed by atoms with Crippen LogP contribution < -0.4 is 15.8 Å². The van der Waals surface area contributed by atoms with Crippen molar-refractivity contribution in [1.82, 2.24) is 0 Å². The molecule has 146 valence electrons. The van der Waals surface area contributed by atoms with Crippen LogP contribution in [-0.4, -0.2) is 11.3 Å². The Labute approximate surface area is 162 Å². The van der Waals surface area contributed by atoms with Gasteiger partial charge in [-0.25, -0.2) is 13.2 Å². The number of hydrogen-bond donors (Lipinski definition) is 3. The van der Waals surface area contributed by atoms with Crippen LogP contribution in [0.4, 0.5) is 30.2 Å². The Kier molecular flexibility index (Phi) is 5.91. The van der Waals surface area contributed by atoms with Crippen molar-refractivity contribution in [3.8, 4) is 0 Å². The smallest absolute Gasteiger partial charge is 0.184 e. The highest BCUT2D eigenvalue weighted by molar-refractivity contribution is 8.02. The molecule has 27 heavy (non-hydrogen) atoms. The molecule has 0 saturated heterocycles. The lowest BCUT2D eigenvalue weighted by molar-refractivity contribution is 0.511. The lowest BCUT2D eigenvalue weighted by Crippen LogP contribution is -2.12. The SMILES string of the molecule is Cc1ccc(Nc2c(F)c(F)cc(C)c2NSC2(CCCN)CC2)c(F)c1. The number of nitrogens with two attached hydrogens (primary N) is 1. The molecule has 1 saturated carbocycles. The summed E-state index contributed by atoms with van der Waals surface area (Å²) in [5.41, 5.74) is 7.34. The van der Waals surface area contributed by atoms with Crippen LogP contribution in [0.3, 0.4) is 0 Å². The van der Waals surface area contributed by atoms with Gasteiger partial charge in [0.25, 0.3) is 0 Å². The summed E-state index contributed by atoms with van der Waals surface area (Å²) in [7, 11) is 0. The second-order valence-corrected chi connectivity index (χ2v) is 8.40. The average Bonchev–Trinajstić information content (AvgIpc) is 3.39. The van der Waals surface area contributed by atoms with Crippen LogP contribution in [0.5, 0.6) is 0 Å². The van der Waals surface area contributed by atoms with Gasteiger partial charge in [0.15, 0.2) is 11.6 Å². The Hall–Kier alpha value is -1.86. The average molecular weight is 395 g/mol. The van der Waals surface area contributed by atoms with Crippen molar-refractivity contribution in [1.29, 1.82) is 0 Å². The maximum atomic E-state index is 14.6. The van der Waals surface area contributed by atoms with Gasteiger partial charge in [0.2, 0.25) is 0 Å². The molecule has 0 amide bonds. The molecular formula is C20H24F3N3S. The predicted octanol–water partition coefficient (Wildman–Crippen LogP) is 5.80. The third-order valence-corrected chi connectivity index (χ3v) is 6.17. The van der Waals surface area contributed by atoms with E-state index in [0.29, 0.717) is 17.8 Å². The summed E-state index contributed by atoms with van der Waals surface area (Å²) in [5.74, 6) is -2.52. The number of benzene rings is 2. The van der Waals surface area contributed by atoms with Gasteiger partial charge in [-0.15, -0.1) is 0 Å². The lowest BCUT2D eigenvalue weighted by atomic mass is 10.1. The zero-order valence-electron chi connectivity index (χ0n) is 15.5. The third kappa shape index (κ3) is 4.52. The van der Waals surface area contributed by atoms with Crippen molar-refractivity contribution >= 4 is 29.0 Å². The summed E-state index contributed by atoms with van der Waals surface area (Å²) in [6, 6.07) is 5.73. The predicted molar refractivity (Wildman–Crippen MR) is 107 cm³/mol. The number of anilines is 3. The number of hydrogen-bond acceptors (Lipinski definition) is 4. The topological polar surface area (TPSA) is 50.1 Å². The van der Waals surface area contributed by atoms with E-state index in [2.05, 4.69) is 10.0 Å². The van der Waals surface area contributed by atoms with Gasteiger partial charge in [-0.2, -0.15) is 0 Å². The van der Waals surface area contributed by atoms with Gasteiger partial charge in [0, 0.05) is 4.75 Å². The molecule has 0 spiro atoms. The first kappa shape index (κ1) is 19.9. The summed E-state index contributed by atoms with van der Waals surface area (Å²) in [4.78, 5) is 0. The summed E-state index contributed by atoms with van der Waals surface area (Å²) in [5, 5.41) is 2.73. The molecule has 0 unspecified atom stereocenters. The molecule has 0 atom stereocenters. The number of aryl methyl sites for hydroxylation is 2. The number of rotatable bonds is 8. The van der Waals surface area contributed by atoms with Gasteiger partial charge in [0.05, 0.1) is 11.4 Å². The highest BCUT2D eigenvalue weighted by Gasteiger charge is 2.43. The van der Waals surface area contributed by atoms with Crippen LogP contribution in [0.15, 0.2) is 24.3 Å². The quantitative estimate of drug-likeness (QED) is 0.495. The number of halogens is 3. The molecule has 4 N–H and O–H groups in total. The van der Waals surface area contributed by atoms with E-state index in [4.69, 9.17) is 5.73 Å². The van der Waals surface area contributed by atoms with Crippen molar-refractivity contribution in [2.45, 2.75) is 44.3 Å². The van der Waals surface area contributed by atoms with Gasteiger partial charge in [-0.3, -0.25) is 0 Å². The van der Waals surface area contributed by atoms with Crippen molar-refractivity contribution in [2.24, 2.45) is 5.73 Å². The Morgan fingerprint density at radius 1 is 1.07 bits per heavy atom. The minimum absolute atomic E-state index is 0.0858. The third-order valence-electron chi connectivity index (χ3n) is 4.81. The van der Waals surface area contributed by atoms with Crippen LogP contribution >= 0.6 is 11.9 Å². The second-order valence-electron chi connectivity index (χ2n) is 7.13. The standard InChI is InChI=1S/C20H24F3N3S/c1-12-4-5-16(14(21)10-12)25-19-17(23)15(22)11-13(2)18(19)26-27-20(7-8-20)6-3-9-24/h4-5,10-11,25-26H,3,6-9,24H2,1-2H3. The molecule has 2 aromatic rings. The van der Waals surface area contributed by atoms with Crippen LogP contribution in [0.1, 0.15) is 36.8 Å². The minimum Gasteiger partial charge on any atom is -0.349 e. The van der Waals surface area contributed by atoms with Gasteiger partial charge in [-0.05, 0) is 87.3 Å². The van der Waals surface area contributed by atoms with Crippen LogP contribution in [0.2, 0.25) is 0 Å². The molecule has 0 radical (unpaired) electrons. The molecule has 1 aliphatic rings. The van der Waals surface area contributed by atoms with E-state index in [1.54, 1.807) is 19.9 Å². The summed E-state index contributed by atoms with van der Waals surface area (Å²) >= 11 is 1.51. The van der Waals surface area contributed by atoms with E-state index in [-0.39, 0.29) is 16.1 Å². The maximum Gasteiger partial charge on any atom is 0.184 e. The van der Waals surface area contributed by atoms with Crippen molar-refractivity contribution < 1.29 is 13.2 Å². The van der Waals surface area contributed by atoms with Crippen LogP contribution in [0, 0.1) is 31.3 Å². The summed E-state index contributed by atoms with van der Waals surface area (Å²) in [6.45, 7) is 4.09. The van der Waals surface area contributed by atoms with Gasteiger partial charge in [-0.1, -0.05) is 6.07 Å². The second kappa shape index (κ2) is 8.02. The monoisotopic (exact) mass is 395 g/mol. The fraction of sp³-hybridized carbons (Fsp3) is 0.400. The Balaban J connectivity index is 1.88. The van der Waals surface area contributed by atoms with Crippen molar-refractivity contribution in [2.75, 3.05) is 16.6 Å². The van der Waals surface area contributed by atoms with Crippen LogP contribution in [0.25, 0.3) is 0 Å². The Morgan fingerprint density at radius 3 is 2.44 bits per heavy atom. The van der Waals surface area contributed by atoms with E-state index < -0.39 is 17.5 Å². The van der Waals surface area contributed by atoms with E-state index >= 15 is 0 Å². The van der Waals surface area contributed by atoms with Gasteiger partial charge in [0.1, 0.15) is 11.5 Å². The summed E-state index contributed by atoms with van der Waals surface area (Å²) < 4.78 is 46.0. The molecule has 0 aliphatic heterocycles. The first-order valence-corrected chi connectivity index (χ1v) is 9.83. The molecular weight excluding hydrogens is 371 g/mol. The van der Waals surface area contributed by atoms with E-state index in [9.17, 15) is 13.2 Å². The fourth-order valence-corrected chi connectivity index (χ4v) is 4.12. The van der Waals surface area contributed by atoms with E-state index in [0.717, 1.165) is 37.3 Å². The first-order chi connectivity index (χ1) is 12.8. The molecule has 0 aromatic heterocycles. The molecule has 0 bridgehead atoms. The highest BCUT2D eigenvalue weighted by atomic mass is 32.2. The van der Waals surface area contributed by atoms with Crippen LogP contribution in [-0.2, 0) is 0 Å². The van der Waals surface area contributed by atoms with E-state index in [1.165, 1.54) is 24.1 Å². The van der Waals surface area contributed by atoms with Gasteiger partial charge >= 0.3 is 0 Å². The van der Waals surface area contributed by atoms with Crippen molar-refractivity contribution in [3.05, 3.63) is 52.8 Å². The van der Waals surface area contributed by atoms with Gasteiger partial charge < -0.3 is 15.8 Å². The molecule has 3 nitrogen and oxygen atoms in total. The minimum atomic E-state index is -1.03. The van der Waals surface area contributed by atoms with Crippen molar-refractivity contribution in [3.63, 3.8) is 0 Å². The molecule has 2 aromatic carbocycles. The molecule has 1 fully saturated rings. The zero-order chi connectivity index (χ0) is 19.6. The fourth-order valence-electron chi connectivity index (χ4n) is 2.98. The lowest BCUT2D eigenvalue weighted by Gasteiger charge is -2.21. The first-order valence-electron chi connectivity index (χ1n) is 9.01. The normalized spacial score (nSPS) is 14.9. The maximum absolute atomic E-state index is 14.6. The Morgan fingerprint density at radius 2 is 1.81 bits per heavy atom. The molecule has 7 heteroatoms. The zero-order valence-corrected chi connectivity index (χ0v) is 16.3. The largest absolute Gasteiger partial charge is 0.349 e. The number of nitrogens with one attached hydrogen (secondary N) is 2. The van der Waals surface area contributed by atoms with E-state index in [1.807, 2.05) is 0 Å². The highest BCUT2D eigenvalue weighted by Crippen LogP contribution is 2.52. The molecule has 0 heterocycles. The molecule has 1 aliphatic carbocycles. The Bertz CT molecular complexity index is 838. The summed E-state index contributed by atoms with van der Waals surface area (Å²) in [6.07, 6.45) is 4.01.